The van der Waals surface area contributed by atoms with Crippen molar-refractivity contribution < 1.29 is 36.6 Å². The zero-order valence-electron chi connectivity index (χ0n) is 18.8. The number of halogens is 4. The van der Waals surface area contributed by atoms with Crippen LogP contribution in [0.15, 0.2) is 17.1 Å². The molecule has 0 spiro atoms. The molecule has 0 unspecified atom stereocenters. The third-order valence-corrected chi connectivity index (χ3v) is 6.72. The topological polar surface area (TPSA) is 89.9 Å². The van der Waals surface area contributed by atoms with Gasteiger partial charge in [-0.1, -0.05) is 0 Å². The molecule has 1 N–H and O–H groups in total. The summed E-state index contributed by atoms with van der Waals surface area (Å²) in [5, 5.41) is 2.01. The first-order valence-corrected chi connectivity index (χ1v) is 11.4. The van der Waals surface area contributed by atoms with Gasteiger partial charge in [-0.2, -0.15) is 13.2 Å². The first-order valence-electron chi connectivity index (χ1n) is 11.4. The van der Waals surface area contributed by atoms with E-state index in [1.54, 1.807) is 16.4 Å². The molecule has 2 aliphatic heterocycles. The number of nitrogens with zero attached hydrogens (tertiary/aromatic N) is 2. The van der Waals surface area contributed by atoms with Gasteiger partial charge in [-0.05, 0) is 32.3 Å². The first kappa shape index (κ1) is 23.6. The number of carbonyl (C=O) groups excluding carboxylic acids is 2. The molecular formula is C23H23F4N3O5. The third kappa shape index (κ3) is 4.03. The average Bonchev–Trinajstić information content (AvgIpc) is 3.59. The lowest BCUT2D eigenvalue weighted by atomic mass is 10.0. The maximum Gasteiger partial charge on any atom is 0.471 e. The Labute approximate surface area is 196 Å². The number of ether oxygens (including phenoxy) is 2. The van der Waals surface area contributed by atoms with Gasteiger partial charge in [0, 0.05) is 29.7 Å². The zero-order chi connectivity index (χ0) is 25.1. The minimum Gasteiger partial charge on any atom is -0.462 e. The Morgan fingerprint density at radius 1 is 1.26 bits per heavy atom. The van der Waals surface area contributed by atoms with Gasteiger partial charge in [0.25, 0.3) is 0 Å². The number of esters is 1. The zero-order valence-corrected chi connectivity index (χ0v) is 18.8. The molecule has 1 aliphatic carbocycles. The van der Waals surface area contributed by atoms with E-state index in [0.29, 0.717) is 11.1 Å². The quantitative estimate of drug-likeness (QED) is 0.516. The van der Waals surface area contributed by atoms with Crippen LogP contribution in [-0.4, -0.2) is 54.5 Å². The van der Waals surface area contributed by atoms with Gasteiger partial charge in [-0.25, -0.2) is 9.18 Å². The van der Waals surface area contributed by atoms with Crippen LogP contribution in [0.2, 0.25) is 0 Å². The Morgan fingerprint density at radius 2 is 2.00 bits per heavy atom. The van der Waals surface area contributed by atoms with Gasteiger partial charge in [0.2, 0.25) is 5.43 Å². The van der Waals surface area contributed by atoms with Crippen molar-refractivity contribution in [1.82, 2.24) is 9.88 Å². The van der Waals surface area contributed by atoms with Crippen molar-refractivity contribution in [3.8, 4) is 0 Å². The van der Waals surface area contributed by atoms with E-state index in [1.807, 2.05) is 5.32 Å². The number of fused-ring (bicyclic) bond motifs is 5. The van der Waals surface area contributed by atoms with Crippen LogP contribution >= 0.6 is 0 Å². The van der Waals surface area contributed by atoms with E-state index in [1.165, 1.54) is 6.20 Å². The van der Waals surface area contributed by atoms with Crippen LogP contribution in [0.5, 0.6) is 0 Å². The lowest BCUT2D eigenvalue weighted by molar-refractivity contribution is -0.174. The van der Waals surface area contributed by atoms with E-state index in [0.717, 1.165) is 18.9 Å². The highest BCUT2D eigenvalue weighted by Gasteiger charge is 2.45. The molecular weight excluding hydrogens is 474 g/mol. The van der Waals surface area contributed by atoms with Crippen molar-refractivity contribution in [2.75, 3.05) is 24.7 Å². The standard InChI is InChI=1S/C23H23F4N3O5/c1-2-35-21(32)13-8-30(11-3-4-11)18-12(20(13)31)7-15(24)19-14(18)9-34-10-17-16(5-6-29(17)19)28-22(33)23(25,26)27/h7-8,11,16-17H,2-6,9-10H2,1H3,(H,28,33)/t16-,17-/m1/s1. The lowest BCUT2D eigenvalue weighted by Crippen LogP contribution is -2.50. The number of hydrogen-bond donors (Lipinski definition) is 1. The van der Waals surface area contributed by atoms with E-state index < -0.39 is 41.4 Å². The molecule has 1 amide bonds. The molecule has 12 heteroatoms. The van der Waals surface area contributed by atoms with Crippen LogP contribution in [0.1, 0.15) is 48.1 Å². The molecule has 2 atom stereocenters. The van der Waals surface area contributed by atoms with Crippen LogP contribution in [0.3, 0.4) is 0 Å². The fourth-order valence-electron chi connectivity index (χ4n) is 5.04. The highest BCUT2D eigenvalue weighted by molar-refractivity contribution is 5.96. The second-order valence-electron chi connectivity index (χ2n) is 8.95. The number of carbonyl (C=O) groups is 2. The Bertz CT molecular complexity index is 1270. The molecule has 0 radical (unpaired) electrons. The van der Waals surface area contributed by atoms with Gasteiger partial charge < -0.3 is 24.3 Å². The molecule has 2 fully saturated rings. The first-order chi connectivity index (χ1) is 16.6. The van der Waals surface area contributed by atoms with Crippen LogP contribution in [0, 0.1) is 5.82 Å². The minimum atomic E-state index is -5.03. The summed E-state index contributed by atoms with van der Waals surface area (Å²) in [6.45, 7) is 1.77. The Balaban J connectivity index is 1.63. The number of nitrogens with one attached hydrogen (secondary N) is 1. The largest absolute Gasteiger partial charge is 0.471 e. The van der Waals surface area contributed by atoms with Crippen molar-refractivity contribution in [2.24, 2.45) is 0 Å². The second kappa shape index (κ2) is 8.51. The predicted molar refractivity (Wildman–Crippen MR) is 116 cm³/mol. The molecule has 1 saturated heterocycles. The smallest absolute Gasteiger partial charge is 0.462 e. The van der Waals surface area contributed by atoms with Crippen LogP contribution in [0.4, 0.5) is 23.2 Å². The molecule has 1 aromatic heterocycles. The summed E-state index contributed by atoms with van der Waals surface area (Å²) < 4.78 is 66.5. The van der Waals surface area contributed by atoms with Gasteiger partial charge in [-0.3, -0.25) is 9.59 Å². The molecule has 0 bridgehead atoms. The van der Waals surface area contributed by atoms with Gasteiger partial charge in [-0.15, -0.1) is 0 Å². The molecule has 5 rings (SSSR count). The van der Waals surface area contributed by atoms with Crippen LogP contribution in [0.25, 0.3) is 10.9 Å². The number of benzene rings is 1. The van der Waals surface area contributed by atoms with Gasteiger partial charge >= 0.3 is 18.1 Å². The van der Waals surface area contributed by atoms with E-state index in [4.69, 9.17) is 9.47 Å². The number of hydrogen-bond acceptors (Lipinski definition) is 6. The van der Waals surface area contributed by atoms with Gasteiger partial charge in [0.1, 0.15) is 11.4 Å². The average molecular weight is 497 g/mol. The van der Waals surface area contributed by atoms with Crippen molar-refractivity contribution >= 4 is 28.5 Å². The highest BCUT2D eigenvalue weighted by atomic mass is 19.4. The molecule has 2 aromatic rings. The lowest BCUT2D eigenvalue weighted by Gasteiger charge is -2.29. The molecule has 188 valence electrons. The summed E-state index contributed by atoms with van der Waals surface area (Å²) >= 11 is 0. The maximum atomic E-state index is 15.6. The van der Waals surface area contributed by atoms with Crippen LogP contribution < -0.4 is 15.6 Å². The number of aromatic nitrogens is 1. The Morgan fingerprint density at radius 3 is 2.66 bits per heavy atom. The number of pyridine rings is 1. The molecule has 35 heavy (non-hydrogen) atoms. The van der Waals surface area contributed by atoms with Crippen molar-refractivity contribution in [2.45, 2.75) is 57.1 Å². The van der Waals surface area contributed by atoms with Crippen molar-refractivity contribution in [3.63, 3.8) is 0 Å². The van der Waals surface area contributed by atoms with Crippen molar-refractivity contribution in [3.05, 3.63) is 39.4 Å². The summed E-state index contributed by atoms with van der Waals surface area (Å²) in [4.78, 5) is 38.7. The summed E-state index contributed by atoms with van der Waals surface area (Å²) in [7, 11) is 0. The molecule has 1 saturated carbocycles. The summed E-state index contributed by atoms with van der Waals surface area (Å²) in [5.74, 6) is -3.59. The number of amides is 1. The fraction of sp³-hybridized carbons (Fsp3) is 0.522. The van der Waals surface area contributed by atoms with Crippen LogP contribution in [-0.2, 0) is 20.9 Å². The maximum absolute atomic E-state index is 15.6. The third-order valence-electron chi connectivity index (χ3n) is 6.72. The predicted octanol–water partition coefficient (Wildman–Crippen LogP) is 2.81. The molecule has 8 nitrogen and oxygen atoms in total. The summed E-state index contributed by atoms with van der Waals surface area (Å²) in [6.07, 6.45) is -1.80. The molecule has 1 aromatic carbocycles. The number of rotatable bonds is 4. The van der Waals surface area contributed by atoms with E-state index in [9.17, 15) is 27.6 Å². The van der Waals surface area contributed by atoms with Gasteiger partial charge in [0.15, 0.2) is 0 Å². The molecule has 3 aliphatic rings. The molecule has 3 heterocycles. The van der Waals surface area contributed by atoms with E-state index >= 15 is 4.39 Å². The Hall–Kier alpha value is -3.15. The number of anilines is 1. The second-order valence-corrected chi connectivity index (χ2v) is 8.95. The minimum absolute atomic E-state index is 0.0114. The monoisotopic (exact) mass is 497 g/mol. The van der Waals surface area contributed by atoms with Crippen molar-refractivity contribution in [1.29, 1.82) is 0 Å². The summed E-state index contributed by atoms with van der Waals surface area (Å²) in [6, 6.07) is -0.518. The summed E-state index contributed by atoms with van der Waals surface area (Å²) in [5.41, 5.74) is 0.125. The number of alkyl halides is 3. The van der Waals surface area contributed by atoms with E-state index in [2.05, 4.69) is 0 Å². The van der Waals surface area contributed by atoms with Gasteiger partial charge in [0.05, 0.1) is 43.1 Å². The highest BCUT2D eigenvalue weighted by Crippen LogP contribution is 2.42. The van der Waals surface area contributed by atoms with E-state index in [-0.39, 0.29) is 55.5 Å². The SMILES string of the molecule is CCOC(=O)c1cn(C2CC2)c2c3c(c(F)cc2c1=O)N1CC[C@@H](NC(=O)C(F)(F)F)[C@H]1COC3. The Kier molecular flexibility index (Phi) is 5.73. The fourth-order valence-corrected chi connectivity index (χ4v) is 5.04. The normalized spacial score (nSPS) is 21.9.